The second kappa shape index (κ2) is 5.99. The number of carbonyl (C=O) groups excluding carboxylic acids is 1. The summed E-state index contributed by atoms with van der Waals surface area (Å²) in [6.07, 6.45) is 0.613. The monoisotopic (exact) mass is 348 g/mol. The average Bonchev–Trinajstić information content (AvgIpc) is 2.28. The van der Waals surface area contributed by atoms with E-state index in [1.807, 2.05) is 6.92 Å². The summed E-state index contributed by atoms with van der Waals surface area (Å²) < 4.78 is 0.816. The van der Waals surface area contributed by atoms with E-state index < -0.39 is 5.54 Å². The molecule has 0 radical (unpaired) electrons. The minimum absolute atomic E-state index is 0.256. The van der Waals surface area contributed by atoms with Gasteiger partial charge in [0.2, 0.25) is 0 Å². The van der Waals surface area contributed by atoms with Crippen LogP contribution >= 0.6 is 39.7 Å². The van der Waals surface area contributed by atoms with Crippen molar-refractivity contribution in [2.75, 3.05) is 0 Å². The summed E-state index contributed by atoms with van der Waals surface area (Å²) in [5, 5.41) is 3.19. The molecule has 3 nitrogen and oxygen atoms in total. The Morgan fingerprint density at radius 1 is 1.61 bits per heavy atom. The van der Waals surface area contributed by atoms with Crippen molar-refractivity contribution in [1.29, 1.82) is 0 Å². The summed E-state index contributed by atoms with van der Waals surface area (Å²) >= 11 is 14.3. The zero-order valence-electron chi connectivity index (χ0n) is 10.1. The highest BCUT2D eigenvalue weighted by molar-refractivity contribution is 9.10. The number of hydrogen-bond acceptors (Lipinski definition) is 2. The molecule has 0 aromatic heterocycles. The van der Waals surface area contributed by atoms with Crippen molar-refractivity contribution in [2.24, 2.45) is 5.73 Å². The molecule has 0 saturated heterocycles. The van der Waals surface area contributed by atoms with Gasteiger partial charge in [-0.1, -0.05) is 46.7 Å². The Labute approximate surface area is 125 Å². The lowest BCUT2D eigenvalue weighted by Crippen LogP contribution is -2.54. The predicted molar refractivity (Wildman–Crippen MR) is 82.1 cm³/mol. The van der Waals surface area contributed by atoms with Crippen molar-refractivity contribution in [3.05, 3.63) is 33.3 Å². The van der Waals surface area contributed by atoms with E-state index in [2.05, 4.69) is 21.2 Å². The first-order valence-electron chi connectivity index (χ1n) is 5.37. The molecular formula is C12H14BrClN2OS. The maximum atomic E-state index is 12.1. The smallest absolute Gasteiger partial charge is 0.253 e. The van der Waals surface area contributed by atoms with E-state index in [-0.39, 0.29) is 10.9 Å². The molecule has 3 N–H and O–H groups in total. The number of halogens is 2. The molecule has 1 amide bonds. The molecule has 0 fully saturated rings. The van der Waals surface area contributed by atoms with Crippen LogP contribution in [0.1, 0.15) is 30.6 Å². The maximum Gasteiger partial charge on any atom is 0.253 e. The van der Waals surface area contributed by atoms with Crippen LogP contribution in [-0.2, 0) is 0 Å². The van der Waals surface area contributed by atoms with Gasteiger partial charge in [-0.3, -0.25) is 4.79 Å². The Balaban J connectivity index is 2.98. The van der Waals surface area contributed by atoms with Crippen molar-refractivity contribution < 1.29 is 4.79 Å². The SMILES string of the molecule is CCC(C)(NC(=O)c1ccc(Br)cc1Cl)C(N)=S. The highest BCUT2D eigenvalue weighted by atomic mass is 79.9. The molecule has 1 unspecified atom stereocenters. The van der Waals surface area contributed by atoms with Crippen molar-refractivity contribution in [3.8, 4) is 0 Å². The Bertz CT molecular complexity index is 495. The molecule has 18 heavy (non-hydrogen) atoms. The highest BCUT2D eigenvalue weighted by Crippen LogP contribution is 2.22. The molecule has 0 aliphatic carbocycles. The first-order valence-corrected chi connectivity index (χ1v) is 6.95. The van der Waals surface area contributed by atoms with E-state index in [1.165, 1.54) is 0 Å². The average molecular weight is 350 g/mol. The lowest BCUT2D eigenvalue weighted by molar-refractivity contribution is 0.0926. The lowest BCUT2D eigenvalue weighted by Gasteiger charge is -2.28. The van der Waals surface area contributed by atoms with Gasteiger partial charge < -0.3 is 11.1 Å². The van der Waals surface area contributed by atoms with E-state index in [9.17, 15) is 4.79 Å². The van der Waals surface area contributed by atoms with Gasteiger partial charge >= 0.3 is 0 Å². The normalized spacial score (nSPS) is 13.8. The number of amides is 1. The second-order valence-electron chi connectivity index (χ2n) is 4.13. The van der Waals surface area contributed by atoms with Gasteiger partial charge in [-0.15, -0.1) is 0 Å². The van der Waals surface area contributed by atoms with Crippen LogP contribution in [0.5, 0.6) is 0 Å². The summed E-state index contributed by atoms with van der Waals surface area (Å²) in [4.78, 5) is 12.4. The molecule has 98 valence electrons. The fourth-order valence-corrected chi connectivity index (χ4v) is 2.27. The Hall–Kier alpha value is -0.650. The van der Waals surface area contributed by atoms with Crippen LogP contribution in [0.25, 0.3) is 0 Å². The van der Waals surface area contributed by atoms with E-state index in [4.69, 9.17) is 29.6 Å². The molecule has 1 atom stereocenters. The van der Waals surface area contributed by atoms with Crippen molar-refractivity contribution in [2.45, 2.75) is 25.8 Å². The molecule has 1 aromatic carbocycles. The van der Waals surface area contributed by atoms with Crippen molar-refractivity contribution in [1.82, 2.24) is 5.32 Å². The number of benzene rings is 1. The molecule has 0 aliphatic rings. The number of nitrogens with one attached hydrogen (secondary N) is 1. The number of rotatable bonds is 4. The highest BCUT2D eigenvalue weighted by Gasteiger charge is 2.28. The third kappa shape index (κ3) is 3.43. The molecule has 0 bridgehead atoms. The zero-order valence-corrected chi connectivity index (χ0v) is 13.2. The zero-order chi connectivity index (χ0) is 13.9. The first kappa shape index (κ1) is 15.4. The van der Waals surface area contributed by atoms with E-state index in [0.29, 0.717) is 17.0 Å². The van der Waals surface area contributed by atoms with Crippen LogP contribution in [0.3, 0.4) is 0 Å². The van der Waals surface area contributed by atoms with Crippen LogP contribution in [0.2, 0.25) is 5.02 Å². The molecule has 0 aliphatic heterocycles. The Morgan fingerprint density at radius 3 is 2.67 bits per heavy atom. The largest absolute Gasteiger partial charge is 0.391 e. The molecule has 1 aromatic rings. The van der Waals surface area contributed by atoms with E-state index >= 15 is 0 Å². The molecular weight excluding hydrogens is 336 g/mol. The summed E-state index contributed by atoms with van der Waals surface area (Å²) in [6, 6.07) is 5.07. The van der Waals surface area contributed by atoms with Crippen LogP contribution < -0.4 is 11.1 Å². The quantitative estimate of drug-likeness (QED) is 0.820. The van der Waals surface area contributed by atoms with Gasteiger partial charge in [-0.2, -0.15) is 0 Å². The molecule has 0 saturated carbocycles. The van der Waals surface area contributed by atoms with Crippen LogP contribution in [0.15, 0.2) is 22.7 Å². The third-order valence-electron chi connectivity index (χ3n) is 2.82. The molecule has 0 heterocycles. The van der Waals surface area contributed by atoms with Gasteiger partial charge in [-0.05, 0) is 31.5 Å². The van der Waals surface area contributed by atoms with Gasteiger partial charge in [0.1, 0.15) is 0 Å². The van der Waals surface area contributed by atoms with Crippen LogP contribution in [0.4, 0.5) is 0 Å². The first-order chi connectivity index (χ1) is 8.30. The number of carbonyl (C=O) groups is 1. The number of hydrogen-bond donors (Lipinski definition) is 2. The summed E-state index contributed by atoms with van der Waals surface area (Å²) in [5.74, 6) is -0.287. The summed E-state index contributed by atoms with van der Waals surface area (Å²) in [7, 11) is 0. The van der Waals surface area contributed by atoms with Crippen molar-refractivity contribution in [3.63, 3.8) is 0 Å². The van der Waals surface area contributed by atoms with Gasteiger partial charge in [0.15, 0.2) is 0 Å². The Morgan fingerprint density at radius 2 is 2.22 bits per heavy atom. The van der Waals surface area contributed by atoms with Gasteiger partial charge in [0.25, 0.3) is 5.91 Å². The molecule has 0 spiro atoms. The predicted octanol–water partition coefficient (Wildman–Crippen LogP) is 3.29. The van der Waals surface area contributed by atoms with Crippen LogP contribution in [0, 0.1) is 0 Å². The topological polar surface area (TPSA) is 55.1 Å². The number of thiocarbonyl (C=S) groups is 1. The van der Waals surface area contributed by atoms with E-state index in [1.54, 1.807) is 25.1 Å². The van der Waals surface area contributed by atoms with Gasteiger partial charge in [0, 0.05) is 4.47 Å². The third-order valence-corrected chi connectivity index (χ3v) is 4.07. The summed E-state index contributed by atoms with van der Waals surface area (Å²) in [5.41, 5.74) is 5.34. The Kier molecular flexibility index (Phi) is 5.13. The number of nitrogens with two attached hydrogens (primary N) is 1. The standard InChI is InChI=1S/C12H14BrClN2OS/c1-3-12(2,11(15)18)16-10(17)8-5-4-7(13)6-9(8)14/h4-6H,3H2,1-2H3,(H2,15,18)(H,16,17). The second-order valence-corrected chi connectivity index (χ2v) is 5.89. The van der Waals surface area contributed by atoms with Gasteiger partial charge in [-0.25, -0.2) is 0 Å². The minimum atomic E-state index is -0.706. The van der Waals surface area contributed by atoms with E-state index in [0.717, 1.165) is 4.47 Å². The minimum Gasteiger partial charge on any atom is -0.391 e. The van der Waals surface area contributed by atoms with Crippen LogP contribution in [-0.4, -0.2) is 16.4 Å². The summed E-state index contributed by atoms with van der Waals surface area (Å²) in [6.45, 7) is 3.70. The lowest BCUT2D eigenvalue weighted by atomic mass is 9.98. The van der Waals surface area contributed by atoms with Crippen molar-refractivity contribution >= 4 is 50.6 Å². The molecule has 1 rings (SSSR count). The van der Waals surface area contributed by atoms with Gasteiger partial charge in [0.05, 0.1) is 21.1 Å². The fourth-order valence-electron chi connectivity index (χ4n) is 1.32. The fraction of sp³-hybridized carbons (Fsp3) is 0.333. The maximum absolute atomic E-state index is 12.1. The molecule has 6 heteroatoms.